The van der Waals surface area contributed by atoms with Gasteiger partial charge in [0.2, 0.25) is 5.88 Å². The molecule has 3 aromatic rings. The third-order valence-corrected chi connectivity index (χ3v) is 5.20. The molecule has 0 radical (unpaired) electrons. The highest BCUT2D eigenvalue weighted by molar-refractivity contribution is 7.16. The van der Waals surface area contributed by atoms with Gasteiger partial charge in [0, 0.05) is 23.1 Å². The van der Waals surface area contributed by atoms with Gasteiger partial charge >= 0.3 is 0 Å². The van der Waals surface area contributed by atoms with Crippen LogP contribution in [-0.4, -0.2) is 34.2 Å². The van der Waals surface area contributed by atoms with E-state index >= 15 is 0 Å². The van der Waals surface area contributed by atoms with Crippen LogP contribution in [-0.2, 0) is 4.79 Å². The molecular formula is C20H14N4O4S. The molecular weight excluding hydrogens is 392 g/mol. The smallest absolute Gasteiger partial charge is 0.277 e. The number of ether oxygens (including phenoxy) is 2. The highest BCUT2D eigenvalue weighted by Crippen LogP contribution is 2.32. The van der Waals surface area contributed by atoms with E-state index in [2.05, 4.69) is 20.3 Å². The molecule has 5 rings (SSSR count). The fraction of sp³-hybridized carbons (Fsp3) is 0.100. The summed E-state index contributed by atoms with van der Waals surface area (Å²) in [6.07, 6.45) is 4.94. The van der Waals surface area contributed by atoms with Crippen molar-refractivity contribution in [2.45, 2.75) is 0 Å². The fourth-order valence-corrected chi connectivity index (χ4v) is 3.79. The monoisotopic (exact) mass is 406 g/mol. The molecule has 2 aliphatic rings. The molecule has 0 unspecified atom stereocenters. The number of hydrogen-bond donors (Lipinski definition) is 2. The van der Waals surface area contributed by atoms with Crippen LogP contribution in [0.15, 0.2) is 47.1 Å². The minimum atomic E-state index is -0.402. The van der Waals surface area contributed by atoms with Crippen molar-refractivity contribution in [2.24, 2.45) is 4.99 Å². The van der Waals surface area contributed by atoms with Gasteiger partial charge in [-0.1, -0.05) is 17.4 Å². The second-order valence-corrected chi connectivity index (χ2v) is 7.29. The minimum absolute atomic E-state index is 0.171. The summed E-state index contributed by atoms with van der Waals surface area (Å²) < 4.78 is 11.1. The Hall–Kier alpha value is -3.72. The molecule has 9 heteroatoms. The maximum atomic E-state index is 12.5. The number of aromatic hydroxyl groups is 1. The van der Waals surface area contributed by atoms with Crippen molar-refractivity contribution in [3.63, 3.8) is 0 Å². The van der Waals surface area contributed by atoms with Crippen LogP contribution in [0.4, 0.5) is 10.9 Å². The molecule has 0 saturated heterocycles. The van der Waals surface area contributed by atoms with Crippen LogP contribution in [0.5, 0.6) is 17.4 Å². The summed E-state index contributed by atoms with van der Waals surface area (Å²) in [5, 5.41) is 14.9. The molecule has 2 aromatic heterocycles. The number of thiazole rings is 1. The van der Waals surface area contributed by atoms with Crippen LogP contribution in [0.3, 0.4) is 0 Å². The van der Waals surface area contributed by atoms with Gasteiger partial charge in [-0.3, -0.25) is 4.79 Å². The number of amides is 1. The number of anilines is 2. The van der Waals surface area contributed by atoms with Crippen LogP contribution < -0.4 is 25.4 Å². The largest absolute Gasteiger partial charge is 0.492 e. The summed E-state index contributed by atoms with van der Waals surface area (Å²) >= 11 is 1.21. The number of carbonyl (C=O) groups excluding carboxylic acids is 1. The predicted octanol–water partition coefficient (Wildman–Crippen LogP) is 1.78. The number of nitrogens with zero attached hydrogens (tertiary/aromatic N) is 3. The Bertz CT molecular complexity index is 1270. The van der Waals surface area contributed by atoms with E-state index in [1.807, 2.05) is 6.07 Å². The topological polar surface area (TPSA) is 106 Å². The summed E-state index contributed by atoms with van der Waals surface area (Å²) in [6, 6.07) is 8.94. The fourth-order valence-electron chi connectivity index (χ4n) is 2.97. The maximum Gasteiger partial charge on any atom is 0.277 e. The van der Waals surface area contributed by atoms with Gasteiger partial charge in [-0.25, -0.2) is 9.98 Å². The highest BCUT2D eigenvalue weighted by atomic mass is 32.1. The van der Waals surface area contributed by atoms with Crippen molar-refractivity contribution >= 4 is 40.3 Å². The Kier molecular flexibility index (Phi) is 4.21. The van der Waals surface area contributed by atoms with E-state index in [1.165, 1.54) is 11.3 Å². The summed E-state index contributed by atoms with van der Waals surface area (Å²) in [6.45, 7) is 0.944. The highest BCUT2D eigenvalue weighted by Gasteiger charge is 2.18. The van der Waals surface area contributed by atoms with E-state index in [0.717, 1.165) is 5.22 Å². The molecule has 2 N–H and O–H groups in total. The lowest BCUT2D eigenvalue weighted by Crippen LogP contribution is -2.32. The summed E-state index contributed by atoms with van der Waals surface area (Å²) in [5.74, 6) is 1.24. The van der Waals surface area contributed by atoms with Crippen molar-refractivity contribution < 1.29 is 19.4 Å². The zero-order chi connectivity index (χ0) is 19.8. The summed E-state index contributed by atoms with van der Waals surface area (Å²) in [5.41, 5.74) is 0.345. The van der Waals surface area contributed by atoms with Gasteiger partial charge in [0.25, 0.3) is 5.91 Å². The lowest BCUT2D eigenvalue weighted by molar-refractivity contribution is -0.114. The zero-order valence-electron chi connectivity index (χ0n) is 15.0. The number of aromatic nitrogens is 2. The molecule has 1 amide bonds. The second kappa shape index (κ2) is 7.02. The molecule has 0 fully saturated rings. The Morgan fingerprint density at radius 3 is 2.79 bits per heavy atom. The Morgan fingerprint density at radius 1 is 1.17 bits per heavy atom. The molecule has 1 aromatic carbocycles. The number of nitrogens with one attached hydrogen (secondary N) is 1. The van der Waals surface area contributed by atoms with E-state index < -0.39 is 5.91 Å². The molecule has 0 saturated carbocycles. The zero-order valence-corrected chi connectivity index (χ0v) is 15.8. The Labute approximate surface area is 168 Å². The van der Waals surface area contributed by atoms with Crippen LogP contribution in [0.2, 0.25) is 0 Å². The standard InChI is InChI=1S/C20H14N4O4S/c25-18-12(7-11-8-14-15(10-13(11)22-18)28-6-5-27-14)9-16-19(26)24-20(29-16)23-17-3-1-2-4-21-17/h1-4,7-10,26H,5-6H2,(H,21,23,24)/b12-9+. The van der Waals surface area contributed by atoms with Gasteiger partial charge in [-0.05, 0) is 30.4 Å². The predicted molar refractivity (Wildman–Crippen MR) is 107 cm³/mol. The number of benzene rings is 1. The van der Waals surface area contributed by atoms with Crippen molar-refractivity contribution in [2.75, 3.05) is 18.5 Å². The van der Waals surface area contributed by atoms with Gasteiger partial charge in [-0.2, -0.15) is 4.98 Å². The first-order chi connectivity index (χ1) is 14.2. The van der Waals surface area contributed by atoms with Crippen LogP contribution in [0, 0.1) is 0 Å². The number of carbonyl (C=O) groups is 1. The summed E-state index contributed by atoms with van der Waals surface area (Å²) in [4.78, 5) is 25.3. The first-order valence-corrected chi connectivity index (χ1v) is 9.61. The van der Waals surface area contributed by atoms with E-state index in [0.29, 0.717) is 51.5 Å². The normalized spacial score (nSPS) is 16.0. The Morgan fingerprint density at radius 2 is 2.00 bits per heavy atom. The lowest BCUT2D eigenvalue weighted by Gasteiger charge is -2.18. The molecule has 0 spiro atoms. The molecule has 0 aliphatic carbocycles. The molecule has 0 atom stereocenters. The third kappa shape index (κ3) is 3.43. The van der Waals surface area contributed by atoms with E-state index in [-0.39, 0.29) is 5.88 Å². The van der Waals surface area contributed by atoms with Crippen molar-refractivity contribution in [1.82, 2.24) is 9.97 Å². The number of pyridine rings is 1. The first kappa shape index (κ1) is 17.4. The van der Waals surface area contributed by atoms with Crippen LogP contribution >= 0.6 is 11.3 Å². The summed E-state index contributed by atoms with van der Waals surface area (Å²) in [7, 11) is 0. The number of rotatable bonds is 3. The number of fused-ring (bicyclic) bond motifs is 2. The van der Waals surface area contributed by atoms with Gasteiger partial charge in [0.1, 0.15) is 19.0 Å². The first-order valence-electron chi connectivity index (χ1n) is 8.80. The third-order valence-electron chi connectivity index (χ3n) is 4.29. The average Bonchev–Trinajstić information content (AvgIpc) is 3.06. The van der Waals surface area contributed by atoms with E-state index in [9.17, 15) is 9.90 Å². The van der Waals surface area contributed by atoms with E-state index in [1.54, 1.807) is 42.6 Å². The Balaban J connectivity index is 1.50. The average molecular weight is 406 g/mol. The second-order valence-electron chi connectivity index (χ2n) is 6.26. The van der Waals surface area contributed by atoms with Gasteiger partial charge in [-0.15, -0.1) is 0 Å². The molecule has 144 valence electrons. The lowest BCUT2D eigenvalue weighted by atomic mass is 10.1. The van der Waals surface area contributed by atoms with Gasteiger partial charge < -0.3 is 19.9 Å². The molecule has 2 aliphatic heterocycles. The molecule has 0 bridgehead atoms. The quantitative estimate of drug-likeness (QED) is 0.639. The molecule has 4 heterocycles. The van der Waals surface area contributed by atoms with Gasteiger partial charge in [0.15, 0.2) is 16.6 Å². The van der Waals surface area contributed by atoms with E-state index in [4.69, 9.17) is 9.47 Å². The molecule has 29 heavy (non-hydrogen) atoms. The van der Waals surface area contributed by atoms with Crippen molar-refractivity contribution in [3.05, 3.63) is 57.6 Å². The minimum Gasteiger partial charge on any atom is -0.492 e. The number of hydrogen-bond acceptors (Lipinski definition) is 8. The van der Waals surface area contributed by atoms with Crippen molar-refractivity contribution in [3.8, 4) is 17.4 Å². The van der Waals surface area contributed by atoms with Crippen LogP contribution in [0.1, 0.15) is 4.88 Å². The van der Waals surface area contributed by atoms with Gasteiger partial charge in [0.05, 0.1) is 10.2 Å². The van der Waals surface area contributed by atoms with Crippen molar-refractivity contribution in [1.29, 1.82) is 0 Å². The van der Waals surface area contributed by atoms with Crippen LogP contribution in [0.25, 0.3) is 12.2 Å². The SMILES string of the molecule is O=C1N=c2cc3c(cc2=C/C1=C\c1sc(Nc2ccccn2)nc1O)OCCO3. The maximum absolute atomic E-state index is 12.5. The molecule has 8 nitrogen and oxygen atoms in total.